The van der Waals surface area contributed by atoms with Crippen molar-refractivity contribution in [3.8, 4) is 0 Å². The van der Waals surface area contributed by atoms with Crippen molar-refractivity contribution >= 4 is 5.91 Å². The maximum Gasteiger partial charge on any atom is 0.220 e. The summed E-state index contributed by atoms with van der Waals surface area (Å²) >= 11 is 0. The lowest BCUT2D eigenvalue weighted by molar-refractivity contribution is -0.302. The summed E-state index contributed by atoms with van der Waals surface area (Å²) < 4.78 is 11.2. The van der Waals surface area contributed by atoms with Crippen LogP contribution in [0.2, 0.25) is 0 Å². The van der Waals surface area contributed by atoms with Crippen LogP contribution in [0.1, 0.15) is 194 Å². The summed E-state index contributed by atoms with van der Waals surface area (Å²) in [6, 6.07) is -0.798. The van der Waals surface area contributed by atoms with Gasteiger partial charge in [0.1, 0.15) is 24.4 Å². The van der Waals surface area contributed by atoms with E-state index in [2.05, 4.69) is 26.1 Å². The molecule has 1 saturated heterocycles. The van der Waals surface area contributed by atoms with E-state index in [4.69, 9.17) is 9.47 Å². The van der Waals surface area contributed by atoms with Crippen molar-refractivity contribution in [1.82, 2.24) is 5.32 Å². The number of hydrogen-bond acceptors (Lipinski definition) is 8. The second-order valence-electron chi connectivity index (χ2n) is 15.7. The first kappa shape index (κ1) is 48.9. The Bertz CT molecular complexity index is 842. The van der Waals surface area contributed by atoms with Gasteiger partial charge in [-0.25, -0.2) is 0 Å². The van der Waals surface area contributed by atoms with E-state index in [1.54, 1.807) is 6.08 Å². The van der Waals surface area contributed by atoms with Crippen molar-refractivity contribution in [1.29, 1.82) is 0 Å². The number of unbranched alkanes of at least 4 members (excludes halogenated alkanes) is 22. The largest absolute Gasteiger partial charge is 0.394 e. The summed E-state index contributed by atoms with van der Waals surface area (Å²) in [4.78, 5) is 12.9. The summed E-state index contributed by atoms with van der Waals surface area (Å²) in [5.41, 5.74) is 0. The van der Waals surface area contributed by atoms with E-state index >= 15 is 0 Å². The molecule has 0 aromatic rings. The van der Waals surface area contributed by atoms with Gasteiger partial charge in [-0.1, -0.05) is 181 Å². The second-order valence-corrected chi connectivity index (χ2v) is 15.7. The minimum absolute atomic E-state index is 0.176. The van der Waals surface area contributed by atoms with E-state index in [0.29, 0.717) is 6.42 Å². The molecule has 0 spiro atoms. The number of ether oxygens (including phenoxy) is 2. The number of allylic oxidation sites excluding steroid dienone is 1. The van der Waals surface area contributed by atoms with Gasteiger partial charge in [0.2, 0.25) is 5.91 Å². The molecule has 9 nitrogen and oxygen atoms in total. The molecule has 1 aliphatic heterocycles. The molecule has 0 saturated carbocycles. The fourth-order valence-corrected chi connectivity index (χ4v) is 6.95. The van der Waals surface area contributed by atoms with Crippen LogP contribution in [0.3, 0.4) is 0 Å². The molecule has 52 heavy (non-hydrogen) atoms. The molecule has 1 heterocycles. The predicted octanol–water partition coefficient (Wildman–Crippen LogP) is 8.41. The second kappa shape index (κ2) is 33.3. The number of nitrogens with one attached hydrogen (secondary N) is 1. The number of amides is 1. The van der Waals surface area contributed by atoms with Crippen LogP contribution in [0.4, 0.5) is 0 Å². The van der Waals surface area contributed by atoms with Gasteiger partial charge in [0.05, 0.1) is 25.4 Å². The number of hydrogen-bond donors (Lipinski definition) is 6. The van der Waals surface area contributed by atoms with E-state index in [9.17, 15) is 30.3 Å². The summed E-state index contributed by atoms with van der Waals surface area (Å²) in [6.45, 7) is 6.12. The van der Waals surface area contributed by atoms with Crippen LogP contribution in [0.25, 0.3) is 0 Å². The molecule has 308 valence electrons. The summed E-state index contributed by atoms with van der Waals surface area (Å²) in [5, 5.41) is 54.1. The van der Waals surface area contributed by atoms with Crippen LogP contribution in [-0.4, -0.2) is 87.5 Å². The van der Waals surface area contributed by atoms with Crippen molar-refractivity contribution in [3.63, 3.8) is 0 Å². The standard InChI is InChI=1S/C43H83NO8/c1-4-6-7-8-9-10-11-12-13-14-15-20-23-26-29-32-39(47)44-36(34-51-43-42(50)41(49)40(48)38(33-45)52-43)37(46)31-28-25-22-19-17-16-18-21-24-27-30-35(3)5-2/h28,31,35-38,40-43,45-46,48-50H,4-27,29-30,32-34H2,1-3H3,(H,44,47)/b31-28+/t35?,36-,37+,38+,40+,41-,42+,43+/m0/s1. The molecule has 1 rings (SSSR count). The first-order valence-corrected chi connectivity index (χ1v) is 21.8. The number of carbonyl (C=O) groups is 1. The number of carbonyl (C=O) groups excluding carboxylic acids is 1. The van der Waals surface area contributed by atoms with Crippen LogP contribution in [-0.2, 0) is 14.3 Å². The van der Waals surface area contributed by atoms with E-state index in [0.717, 1.165) is 44.4 Å². The molecule has 1 aliphatic rings. The summed E-state index contributed by atoms with van der Waals surface area (Å²) in [5.74, 6) is 0.668. The SMILES string of the molecule is CCCCCCCCCCCCCCCCCC(=O)N[C@@H](CO[C@@H]1O[C@H](CO)[C@@H](O)[C@H](O)[C@H]1O)[C@H](O)/C=C/CCCCCCCCCCC(C)CC. The minimum atomic E-state index is -1.56. The van der Waals surface area contributed by atoms with Gasteiger partial charge < -0.3 is 40.3 Å². The molecule has 1 unspecified atom stereocenters. The van der Waals surface area contributed by atoms with E-state index < -0.39 is 49.5 Å². The lowest BCUT2D eigenvalue weighted by Gasteiger charge is -2.40. The van der Waals surface area contributed by atoms with Crippen LogP contribution >= 0.6 is 0 Å². The highest BCUT2D eigenvalue weighted by Gasteiger charge is 2.44. The lowest BCUT2D eigenvalue weighted by Crippen LogP contribution is -2.60. The van der Waals surface area contributed by atoms with E-state index in [1.807, 2.05) is 6.08 Å². The van der Waals surface area contributed by atoms with Gasteiger partial charge in [-0.3, -0.25) is 4.79 Å². The predicted molar refractivity (Wildman–Crippen MR) is 212 cm³/mol. The number of aliphatic hydroxyl groups is 5. The Morgan fingerprint density at radius 3 is 1.73 bits per heavy atom. The summed E-state index contributed by atoms with van der Waals surface area (Å²) in [7, 11) is 0. The van der Waals surface area contributed by atoms with Crippen molar-refractivity contribution in [2.24, 2.45) is 5.92 Å². The highest BCUT2D eigenvalue weighted by Crippen LogP contribution is 2.23. The molecule has 0 radical (unpaired) electrons. The smallest absolute Gasteiger partial charge is 0.220 e. The molecule has 6 N–H and O–H groups in total. The third-order valence-electron chi connectivity index (χ3n) is 10.9. The Labute approximate surface area is 318 Å². The number of aliphatic hydroxyl groups excluding tert-OH is 5. The van der Waals surface area contributed by atoms with Gasteiger partial charge in [0.25, 0.3) is 0 Å². The first-order valence-electron chi connectivity index (χ1n) is 21.8. The minimum Gasteiger partial charge on any atom is -0.394 e. The van der Waals surface area contributed by atoms with Crippen LogP contribution < -0.4 is 5.32 Å². The number of rotatable bonds is 35. The lowest BCUT2D eigenvalue weighted by atomic mass is 9.99. The highest BCUT2D eigenvalue weighted by atomic mass is 16.7. The van der Waals surface area contributed by atoms with Gasteiger partial charge in [0, 0.05) is 6.42 Å². The monoisotopic (exact) mass is 742 g/mol. The molecule has 0 aliphatic carbocycles. The van der Waals surface area contributed by atoms with Gasteiger partial charge in [0.15, 0.2) is 6.29 Å². The molecular weight excluding hydrogens is 658 g/mol. The average molecular weight is 742 g/mol. The Hall–Kier alpha value is -1.07. The van der Waals surface area contributed by atoms with Crippen LogP contribution in [0, 0.1) is 5.92 Å². The van der Waals surface area contributed by atoms with Crippen molar-refractivity contribution < 1.29 is 39.8 Å². The van der Waals surface area contributed by atoms with Crippen LogP contribution in [0.15, 0.2) is 12.2 Å². The molecule has 0 aromatic carbocycles. The van der Waals surface area contributed by atoms with Crippen LogP contribution in [0.5, 0.6) is 0 Å². The summed E-state index contributed by atoms with van der Waals surface area (Å²) in [6.07, 6.45) is 28.2. The fraction of sp³-hybridized carbons (Fsp3) is 0.930. The Morgan fingerprint density at radius 1 is 0.712 bits per heavy atom. The zero-order chi connectivity index (χ0) is 38.2. The van der Waals surface area contributed by atoms with Gasteiger partial charge in [-0.2, -0.15) is 0 Å². The third-order valence-corrected chi connectivity index (χ3v) is 10.9. The normalized spacial score (nSPS) is 22.5. The third kappa shape index (κ3) is 24.4. The zero-order valence-corrected chi connectivity index (χ0v) is 33.7. The maximum atomic E-state index is 12.9. The molecule has 9 heteroatoms. The van der Waals surface area contributed by atoms with E-state index in [-0.39, 0.29) is 12.5 Å². The molecule has 1 fully saturated rings. The molecule has 1 amide bonds. The van der Waals surface area contributed by atoms with Crippen molar-refractivity contribution in [2.75, 3.05) is 13.2 Å². The van der Waals surface area contributed by atoms with Crippen molar-refractivity contribution in [2.45, 2.75) is 237 Å². The van der Waals surface area contributed by atoms with Crippen molar-refractivity contribution in [3.05, 3.63) is 12.2 Å². The Kier molecular flexibility index (Phi) is 31.3. The quantitative estimate of drug-likeness (QED) is 0.0280. The fourth-order valence-electron chi connectivity index (χ4n) is 6.95. The average Bonchev–Trinajstić information content (AvgIpc) is 3.14. The van der Waals surface area contributed by atoms with Gasteiger partial charge in [-0.05, 0) is 25.2 Å². The first-order chi connectivity index (χ1) is 25.2. The molecule has 0 bridgehead atoms. The Morgan fingerprint density at radius 2 is 1.21 bits per heavy atom. The van der Waals surface area contributed by atoms with E-state index in [1.165, 1.54) is 128 Å². The molecule has 8 atom stereocenters. The Balaban J connectivity index is 2.39. The molecular formula is C43H83NO8. The zero-order valence-electron chi connectivity index (χ0n) is 33.7. The van der Waals surface area contributed by atoms with Gasteiger partial charge >= 0.3 is 0 Å². The molecule has 0 aromatic heterocycles. The van der Waals surface area contributed by atoms with Gasteiger partial charge in [-0.15, -0.1) is 0 Å². The maximum absolute atomic E-state index is 12.9. The topological polar surface area (TPSA) is 149 Å². The highest BCUT2D eigenvalue weighted by molar-refractivity contribution is 5.76.